The molecule has 1 aliphatic heterocycles. The van der Waals surface area contributed by atoms with Crippen molar-refractivity contribution in [1.29, 1.82) is 0 Å². The fourth-order valence-corrected chi connectivity index (χ4v) is 5.99. The SMILES string of the molecule is CCc1ccc(S(=O)(=O)Nc2ccc(N3CCN(C4CCCCC4)CC3)c(C(=O)O)c2)cc1. The fourth-order valence-electron chi connectivity index (χ4n) is 4.94. The van der Waals surface area contributed by atoms with Gasteiger partial charge in [0.25, 0.3) is 10.0 Å². The molecule has 1 saturated heterocycles. The Balaban J connectivity index is 1.48. The van der Waals surface area contributed by atoms with Crippen LogP contribution in [0.3, 0.4) is 0 Å². The van der Waals surface area contributed by atoms with Crippen LogP contribution in [0.2, 0.25) is 0 Å². The lowest BCUT2D eigenvalue weighted by molar-refractivity contribution is 0.0697. The zero-order valence-electron chi connectivity index (χ0n) is 19.2. The van der Waals surface area contributed by atoms with Gasteiger partial charge in [0.15, 0.2) is 0 Å². The van der Waals surface area contributed by atoms with Gasteiger partial charge in [0, 0.05) is 37.9 Å². The number of nitrogens with one attached hydrogen (secondary N) is 1. The van der Waals surface area contributed by atoms with Crippen molar-refractivity contribution < 1.29 is 18.3 Å². The van der Waals surface area contributed by atoms with Crippen molar-refractivity contribution in [3.63, 3.8) is 0 Å². The number of benzene rings is 2. The highest BCUT2D eigenvalue weighted by atomic mass is 32.2. The normalized spacial score (nSPS) is 18.3. The Labute approximate surface area is 196 Å². The molecule has 33 heavy (non-hydrogen) atoms. The van der Waals surface area contributed by atoms with Gasteiger partial charge in [0.2, 0.25) is 0 Å². The van der Waals surface area contributed by atoms with Gasteiger partial charge in [-0.25, -0.2) is 13.2 Å². The summed E-state index contributed by atoms with van der Waals surface area (Å²) in [6.07, 6.45) is 7.28. The standard InChI is InChI=1S/C25H33N3O4S/c1-2-19-8-11-22(12-9-19)33(31,32)26-20-10-13-24(23(18-20)25(29)30)28-16-14-27(15-17-28)21-6-4-3-5-7-21/h8-13,18,21,26H,2-7,14-17H2,1H3,(H,29,30). The molecule has 0 spiro atoms. The number of nitrogens with zero attached hydrogens (tertiary/aromatic N) is 2. The molecule has 2 fully saturated rings. The molecule has 0 bridgehead atoms. The first-order valence-corrected chi connectivity index (χ1v) is 13.3. The molecule has 1 aliphatic carbocycles. The molecule has 2 N–H and O–H groups in total. The third-order valence-corrected chi connectivity index (χ3v) is 8.26. The van der Waals surface area contributed by atoms with E-state index in [4.69, 9.17) is 0 Å². The topological polar surface area (TPSA) is 90.0 Å². The number of aromatic carboxylic acids is 1. The van der Waals surface area contributed by atoms with Crippen molar-refractivity contribution in [2.45, 2.75) is 56.4 Å². The Morgan fingerprint density at radius 3 is 2.27 bits per heavy atom. The van der Waals surface area contributed by atoms with E-state index in [9.17, 15) is 18.3 Å². The fraction of sp³-hybridized carbons (Fsp3) is 0.480. The molecule has 8 heteroatoms. The Morgan fingerprint density at radius 2 is 1.67 bits per heavy atom. The molecule has 4 rings (SSSR count). The van der Waals surface area contributed by atoms with Crippen LogP contribution in [0.5, 0.6) is 0 Å². The van der Waals surface area contributed by atoms with Crippen LogP contribution in [-0.2, 0) is 16.4 Å². The van der Waals surface area contributed by atoms with Gasteiger partial charge in [-0.2, -0.15) is 0 Å². The lowest BCUT2D eigenvalue weighted by Gasteiger charge is -2.41. The molecule has 0 unspecified atom stereocenters. The first-order chi connectivity index (χ1) is 15.9. The molecule has 7 nitrogen and oxygen atoms in total. The number of hydrogen-bond donors (Lipinski definition) is 2. The van der Waals surface area contributed by atoms with Gasteiger partial charge in [0.05, 0.1) is 16.1 Å². The summed E-state index contributed by atoms with van der Waals surface area (Å²) in [6, 6.07) is 12.1. The zero-order chi connectivity index (χ0) is 23.4. The van der Waals surface area contributed by atoms with Crippen LogP contribution in [0.1, 0.15) is 54.9 Å². The molecule has 2 aliphatic rings. The second-order valence-electron chi connectivity index (χ2n) is 8.95. The first-order valence-electron chi connectivity index (χ1n) is 11.9. The van der Waals surface area contributed by atoms with Gasteiger partial charge in [-0.15, -0.1) is 0 Å². The molecular weight excluding hydrogens is 438 g/mol. The number of aryl methyl sites for hydroxylation is 1. The minimum Gasteiger partial charge on any atom is -0.478 e. The molecule has 0 radical (unpaired) electrons. The summed E-state index contributed by atoms with van der Waals surface area (Å²) in [5.41, 5.74) is 2.05. The van der Waals surface area contributed by atoms with Crippen molar-refractivity contribution in [3.05, 3.63) is 53.6 Å². The Hall–Kier alpha value is -2.58. The van der Waals surface area contributed by atoms with Gasteiger partial charge in [-0.05, 0) is 55.2 Å². The predicted octanol–water partition coefficient (Wildman–Crippen LogP) is 4.20. The second-order valence-corrected chi connectivity index (χ2v) is 10.6. The van der Waals surface area contributed by atoms with Gasteiger partial charge in [-0.3, -0.25) is 9.62 Å². The quantitative estimate of drug-likeness (QED) is 0.629. The average Bonchev–Trinajstić information content (AvgIpc) is 2.84. The number of hydrogen-bond acceptors (Lipinski definition) is 5. The Bertz CT molecular complexity index is 1070. The van der Waals surface area contributed by atoms with Crippen molar-refractivity contribution in [3.8, 4) is 0 Å². The summed E-state index contributed by atoms with van der Waals surface area (Å²) in [5, 5.41) is 9.84. The molecule has 0 amide bonds. The number of anilines is 2. The third-order valence-electron chi connectivity index (χ3n) is 6.87. The number of carboxylic acid groups (broad SMARTS) is 1. The van der Waals surface area contributed by atoms with E-state index in [1.54, 1.807) is 36.4 Å². The van der Waals surface area contributed by atoms with Crippen LogP contribution in [-0.4, -0.2) is 56.6 Å². The van der Waals surface area contributed by atoms with Crippen LogP contribution in [0.15, 0.2) is 47.4 Å². The summed E-state index contributed by atoms with van der Waals surface area (Å²) in [7, 11) is -3.80. The average molecular weight is 472 g/mol. The highest BCUT2D eigenvalue weighted by Gasteiger charge is 2.27. The number of piperazine rings is 1. The molecular formula is C25H33N3O4S. The monoisotopic (exact) mass is 471 g/mol. The van der Waals surface area contributed by atoms with E-state index >= 15 is 0 Å². The van der Waals surface area contributed by atoms with Crippen LogP contribution < -0.4 is 9.62 Å². The molecule has 0 atom stereocenters. The van der Waals surface area contributed by atoms with E-state index in [-0.39, 0.29) is 16.1 Å². The van der Waals surface area contributed by atoms with Gasteiger partial charge >= 0.3 is 5.97 Å². The molecule has 178 valence electrons. The highest BCUT2D eigenvalue weighted by molar-refractivity contribution is 7.92. The van der Waals surface area contributed by atoms with Crippen molar-refractivity contribution in [2.24, 2.45) is 0 Å². The van der Waals surface area contributed by atoms with E-state index in [2.05, 4.69) is 14.5 Å². The first kappa shape index (κ1) is 23.6. The van der Waals surface area contributed by atoms with Gasteiger partial charge < -0.3 is 10.0 Å². The largest absolute Gasteiger partial charge is 0.478 e. The van der Waals surface area contributed by atoms with E-state index in [1.807, 2.05) is 6.92 Å². The minimum atomic E-state index is -3.80. The predicted molar refractivity (Wildman–Crippen MR) is 131 cm³/mol. The third kappa shape index (κ3) is 5.50. The zero-order valence-corrected chi connectivity index (χ0v) is 20.0. The van der Waals surface area contributed by atoms with Gasteiger partial charge in [0.1, 0.15) is 0 Å². The van der Waals surface area contributed by atoms with Crippen LogP contribution in [0, 0.1) is 0 Å². The minimum absolute atomic E-state index is 0.114. The number of rotatable bonds is 7. The molecule has 2 aromatic carbocycles. The van der Waals surface area contributed by atoms with E-state index in [0.29, 0.717) is 11.7 Å². The van der Waals surface area contributed by atoms with E-state index in [1.165, 1.54) is 38.2 Å². The van der Waals surface area contributed by atoms with Crippen LogP contribution >= 0.6 is 0 Å². The maximum Gasteiger partial charge on any atom is 0.337 e. The van der Waals surface area contributed by atoms with Crippen LogP contribution in [0.25, 0.3) is 0 Å². The van der Waals surface area contributed by atoms with Crippen molar-refractivity contribution in [1.82, 2.24) is 4.90 Å². The highest BCUT2D eigenvalue weighted by Crippen LogP contribution is 2.29. The lowest BCUT2D eigenvalue weighted by Crippen LogP contribution is -2.51. The Kier molecular flexibility index (Phi) is 7.24. The van der Waals surface area contributed by atoms with Crippen molar-refractivity contribution in [2.75, 3.05) is 35.8 Å². The maximum absolute atomic E-state index is 12.8. The second kappa shape index (κ2) is 10.1. The molecule has 1 heterocycles. The summed E-state index contributed by atoms with van der Waals surface area (Å²) >= 11 is 0. The summed E-state index contributed by atoms with van der Waals surface area (Å²) < 4.78 is 28.1. The number of carbonyl (C=O) groups is 1. The molecule has 0 aromatic heterocycles. The Morgan fingerprint density at radius 1 is 1.00 bits per heavy atom. The molecule has 2 aromatic rings. The maximum atomic E-state index is 12.8. The summed E-state index contributed by atoms with van der Waals surface area (Å²) in [4.78, 5) is 16.8. The smallest absolute Gasteiger partial charge is 0.337 e. The molecule has 1 saturated carbocycles. The van der Waals surface area contributed by atoms with Crippen LogP contribution in [0.4, 0.5) is 11.4 Å². The summed E-state index contributed by atoms with van der Waals surface area (Å²) in [5.74, 6) is -1.06. The van der Waals surface area contributed by atoms with Crippen molar-refractivity contribution >= 4 is 27.4 Å². The lowest BCUT2D eigenvalue weighted by atomic mass is 9.94. The number of carboxylic acids is 1. The van der Waals surface area contributed by atoms with E-state index in [0.717, 1.165) is 38.2 Å². The summed E-state index contributed by atoms with van der Waals surface area (Å²) in [6.45, 7) is 5.39. The number of sulfonamides is 1. The van der Waals surface area contributed by atoms with E-state index < -0.39 is 16.0 Å². The van der Waals surface area contributed by atoms with Gasteiger partial charge in [-0.1, -0.05) is 38.3 Å².